The summed E-state index contributed by atoms with van der Waals surface area (Å²) in [6.07, 6.45) is 3.00. The number of amides is 1. The molecule has 2 N–H and O–H groups in total. The Morgan fingerprint density at radius 3 is 2.50 bits per heavy atom. The summed E-state index contributed by atoms with van der Waals surface area (Å²) >= 11 is 0. The second-order valence-corrected chi connectivity index (χ2v) is 6.49. The van der Waals surface area contributed by atoms with Crippen molar-refractivity contribution in [3.8, 4) is 0 Å². The number of hydrogen-bond donors (Lipinski definition) is 2. The fourth-order valence-corrected chi connectivity index (χ4v) is 3.12. The first-order valence-corrected chi connectivity index (χ1v) is 8.68. The smallest absolute Gasteiger partial charge is 0.337 e. The predicted molar refractivity (Wildman–Crippen MR) is 94.4 cm³/mol. The second-order valence-electron chi connectivity index (χ2n) is 6.49. The van der Waals surface area contributed by atoms with Crippen molar-refractivity contribution in [1.82, 2.24) is 4.90 Å². The van der Waals surface area contributed by atoms with Gasteiger partial charge in [-0.05, 0) is 37.1 Å². The first kappa shape index (κ1) is 18.1. The van der Waals surface area contributed by atoms with E-state index in [1.54, 1.807) is 24.3 Å². The van der Waals surface area contributed by atoms with E-state index in [2.05, 4.69) is 5.32 Å². The van der Waals surface area contributed by atoms with E-state index in [0.29, 0.717) is 11.3 Å². The normalized spacial score (nSPS) is 17.3. The Labute approximate surface area is 151 Å². The molecule has 1 heterocycles. The molecule has 1 aromatic carbocycles. The van der Waals surface area contributed by atoms with Crippen molar-refractivity contribution in [2.24, 2.45) is 5.92 Å². The number of ether oxygens (including phenoxy) is 1. The first-order valence-electron chi connectivity index (χ1n) is 8.68. The number of β-amino-alcohol motifs (C(OH)–C–C–N with tert-alkyl or cyclic N) is 1. The van der Waals surface area contributed by atoms with Crippen LogP contribution in [-0.4, -0.2) is 54.5 Å². The van der Waals surface area contributed by atoms with Crippen LogP contribution in [0.3, 0.4) is 0 Å². The molecule has 7 nitrogen and oxygen atoms in total. The minimum Gasteiger partial charge on any atom is -0.466 e. The summed E-state index contributed by atoms with van der Waals surface area (Å²) in [5.41, 5.74) is 1.62. The average molecular weight is 358 g/mol. The van der Waals surface area contributed by atoms with Crippen LogP contribution in [0.2, 0.25) is 0 Å². The number of ketones is 1. The molecule has 1 fully saturated rings. The fourth-order valence-electron chi connectivity index (χ4n) is 3.12. The number of rotatable bonds is 7. The highest BCUT2D eigenvalue weighted by Gasteiger charge is 2.34. The Bertz CT molecular complexity index is 750. The highest BCUT2D eigenvalue weighted by Crippen LogP contribution is 2.30. The molecule has 0 spiro atoms. The SMILES string of the molecule is COC(=O)C1=C(Nc2ccc(C(=O)C3CCC3)cc2)C(=O)N(CCO)C1. The molecule has 0 saturated heterocycles. The first-order chi connectivity index (χ1) is 12.5. The van der Waals surface area contributed by atoms with Crippen LogP contribution in [-0.2, 0) is 14.3 Å². The van der Waals surface area contributed by atoms with Gasteiger partial charge in [0, 0.05) is 23.7 Å². The van der Waals surface area contributed by atoms with Crippen molar-refractivity contribution in [3.05, 3.63) is 41.1 Å². The fraction of sp³-hybridized carbons (Fsp3) is 0.421. The zero-order valence-corrected chi connectivity index (χ0v) is 14.7. The van der Waals surface area contributed by atoms with Gasteiger partial charge >= 0.3 is 5.97 Å². The van der Waals surface area contributed by atoms with Crippen molar-refractivity contribution < 1.29 is 24.2 Å². The van der Waals surface area contributed by atoms with Crippen molar-refractivity contribution >= 4 is 23.3 Å². The largest absolute Gasteiger partial charge is 0.466 e. The summed E-state index contributed by atoms with van der Waals surface area (Å²) in [5.74, 6) is -0.665. The maximum Gasteiger partial charge on any atom is 0.337 e. The molecule has 138 valence electrons. The standard InChI is InChI=1S/C19H22N2O5/c1-26-19(25)15-11-21(9-10-22)18(24)16(15)20-14-7-5-13(6-8-14)17(23)12-3-2-4-12/h5-8,12,20,22H,2-4,9-11H2,1H3. The van der Waals surface area contributed by atoms with Gasteiger partial charge in [-0.2, -0.15) is 0 Å². The van der Waals surface area contributed by atoms with Crippen molar-refractivity contribution in [3.63, 3.8) is 0 Å². The number of nitrogens with zero attached hydrogens (tertiary/aromatic N) is 1. The summed E-state index contributed by atoms with van der Waals surface area (Å²) in [5, 5.41) is 12.0. The van der Waals surface area contributed by atoms with Gasteiger partial charge in [-0.25, -0.2) is 4.79 Å². The van der Waals surface area contributed by atoms with Gasteiger partial charge in [-0.15, -0.1) is 0 Å². The molecule has 0 unspecified atom stereocenters. The number of esters is 1. The molecule has 0 bridgehead atoms. The van der Waals surface area contributed by atoms with E-state index in [1.807, 2.05) is 0 Å². The number of carbonyl (C=O) groups excluding carboxylic acids is 3. The zero-order valence-electron chi connectivity index (χ0n) is 14.7. The molecule has 0 aromatic heterocycles. The van der Waals surface area contributed by atoms with Crippen molar-refractivity contribution in [1.29, 1.82) is 0 Å². The van der Waals surface area contributed by atoms with E-state index in [4.69, 9.17) is 9.84 Å². The third kappa shape index (κ3) is 3.48. The summed E-state index contributed by atoms with van der Waals surface area (Å²) < 4.78 is 4.75. The lowest BCUT2D eigenvalue weighted by atomic mass is 9.80. The monoisotopic (exact) mass is 358 g/mol. The quantitative estimate of drug-likeness (QED) is 0.564. The number of carbonyl (C=O) groups is 3. The molecule has 2 aliphatic rings. The molecule has 1 aliphatic heterocycles. The van der Waals surface area contributed by atoms with Gasteiger partial charge in [0.1, 0.15) is 5.70 Å². The van der Waals surface area contributed by atoms with Crippen LogP contribution < -0.4 is 5.32 Å². The summed E-state index contributed by atoms with van der Waals surface area (Å²) in [6.45, 7) is 0.0391. The van der Waals surface area contributed by atoms with Gasteiger partial charge in [0.25, 0.3) is 5.91 Å². The van der Waals surface area contributed by atoms with Gasteiger partial charge < -0.3 is 20.1 Å². The maximum absolute atomic E-state index is 12.5. The van der Waals surface area contributed by atoms with Crippen molar-refractivity contribution in [2.75, 3.05) is 32.1 Å². The molecular formula is C19H22N2O5. The molecule has 26 heavy (non-hydrogen) atoms. The van der Waals surface area contributed by atoms with Crippen LogP contribution in [0.5, 0.6) is 0 Å². The van der Waals surface area contributed by atoms with Crippen molar-refractivity contribution in [2.45, 2.75) is 19.3 Å². The lowest BCUT2D eigenvalue weighted by Gasteiger charge is -2.23. The Morgan fingerprint density at radius 1 is 1.27 bits per heavy atom. The van der Waals surface area contributed by atoms with E-state index in [1.165, 1.54) is 12.0 Å². The average Bonchev–Trinajstić information content (AvgIpc) is 2.90. The highest BCUT2D eigenvalue weighted by molar-refractivity contribution is 6.08. The minimum absolute atomic E-state index is 0.0899. The number of anilines is 1. The number of hydrogen-bond acceptors (Lipinski definition) is 6. The predicted octanol–water partition coefficient (Wildman–Crippen LogP) is 1.34. The molecule has 0 atom stereocenters. The second kappa shape index (κ2) is 7.70. The van der Waals surface area contributed by atoms with Crippen LogP contribution in [0.1, 0.15) is 29.6 Å². The number of benzene rings is 1. The van der Waals surface area contributed by atoms with E-state index in [-0.39, 0.29) is 48.6 Å². The number of nitrogens with one attached hydrogen (secondary N) is 1. The summed E-state index contributed by atoms with van der Waals surface area (Å²) in [6, 6.07) is 6.89. The van der Waals surface area contributed by atoms with Gasteiger partial charge in [0.15, 0.2) is 5.78 Å². The third-order valence-electron chi connectivity index (χ3n) is 4.87. The van der Waals surface area contributed by atoms with Crippen LogP contribution in [0, 0.1) is 5.92 Å². The van der Waals surface area contributed by atoms with Crippen LogP contribution in [0.25, 0.3) is 0 Å². The van der Waals surface area contributed by atoms with Crippen LogP contribution in [0.15, 0.2) is 35.5 Å². The molecule has 1 amide bonds. The molecule has 0 radical (unpaired) electrons. The number of Topliss-reactive ketones (excluding diaryl/α,β-unsaturated/α-hetero) is 1. The van der Waals surface area contributed by atoms with E-state index >= 15 is 0 Å². The topological polar surface area (TPSA) is 95.9 Å². The lowest BCUT2D eigenvalue weighted by Crippen LogP contribution is -2.31. The molecular weight excluding hydrogens is 336 g/mol. The third-order valence-corrected chi connectivity index (χ3v) is 4.87. The maximum atomic E-state index is 12.5. The van der Waals surface area contributed by atoms with E-state index in [0.717, 1.165) is 19.3 Å². The van der Waals surface area contributed by atoms with Gasteiger partial charge in [-0.1, -0.05) is 6.42 Å². The molecule has 7 heteroatoms. The molecule has 3 rings (SSSR count). The van der Waals surface area contributed by atoms with Gasteiger partial charge in [0.05, 0.1) is 25.8 Å². The Kier molecular flexibility index (Phi) is 5.37. The number of methoxy groups -OCH3 is 1. The number of aliphatic hydroxyl groups excluding tert-OH is 1. The highest BCUT2D eigenvalue weighted by atomic mass is 16.5. The Morgan fingerprint density at radius 2 is 1.96 bits per heavy atom. The zero-order chi connectivity index (χ0) is 18.7. The van der Waals surface area contributed by atoms with E-state index < -0.39 is 5.97 Å². The minimum atomic E-state index is -0.585. The lowest BCUT2D eigenvalue weighted by molar-refractivity contribution is -0.136. The Hall–Kier alpha value is -2.67. The van der Waals surface area contributed by atoms with Gasteiger partial charge in [0.2, 0.25) is 0 Å². The van der Waals surface area contributed by atoms with Crippen LogP contribution >= 0.6 is 0 Å². The van der Waals surface area contributed by atoms with Gasteiger partial charge in [-0.3, -0.25) is 9.59 Å². The molecule has 1 aromatic rings. The Balaban J connectivity index is 1.77. The summed E-state index contributed by atoms with van der Waals surface area (Å²) in [7, 11) is 1.26. The molecule has 1 aliphatic carbocycles. The number of aliphatic hydroxyl groups is 1. The van der Waals surface area contributed by atoms with Crippen LogP contribution in [0.4, 0.5) is 5.69 Å². The molecule has 1 saturated carbocycles. The summed E-state index contributed by atoms with van der Waals surface area (Å²) in [4.78, 5) is 38.1. The van der Waals surface area contributed by atoms with E-state index in [9.17, 15) is 14.4 Å².